The topological polar surface area (TPSA) is 30.5 Å². The highest BCUT2D eigenvalue weighted by molar-refractivity contribution is 5.21. The Hall–Kier alpha value is -0.900. The van der Waals surface area contributed by atoms with Gasteiger partial charge in [-0.05, 0) is 37.3 Å². The van der Waals surface area contributed by atoms with Crippen LogP contribution in [0.25, 0.3) is 0 Å². The fourth-order valence-corrected chi connectivity index (χ4v) is 2.36. The van der Waals surface area contributed by atoms with Crippen LogP contribution in [0.5, 0.6) is 0 Å². The Labute approximate surface area is 123 Å². The van der Waals surface area contributed by atoms with E-state index in [-0.39, 0.29) is 0 Å². The molecule has 0 saturated heterocycles. The number of rotatable bonds is 10. The van der Waals surface area contributed by atoms with Crippen LogP contribution >= 0.6 is 0 Å². The predicted octanol–water partition coefficient (Wildman–Crippen LogP) is 2.67. The summed E-state index contributed by atoms with van der Waals surface area (Å²) in [5.41, 5.74) is 2.71. The molecule has 0 spiro atoms. The molecule has 1 rings (SSSR count). The summed E-state index contributed by atoms with van der Waals surface area (Å²) in [6, 6.07) is 8.84. The maximum Gasteiger partial charge on any atom is 0.0587 e. The predicted molar refractivity (Wildman–Crippen MR) is 84.2 cm³/mol. The van der Waals surface area contributed by atoms with E-state index in [9.17, 15) is 0 Å². The van der Waals surface area contributed by atoms with Gasteiger partial charge in [-0.15, -0.1) is 0 Å². The molecule has 0 radical (unpaired) electrons. The lowest BCUT2D eigenvalue weighted by Gasteiger charge is -2.24. The molecule has 114 valence electrons. The van der Waals surface area contributed by atoms with Crippen molar-refractivity contribution >= 4 is 0 Å². The first-order valence-electron chi connectivity index (χ1n) is 7.41. The molecule has 0 amide bonds. The molecule has 3 nitrogen and oxygen atoms in total. The van der Waals surface area contributed by atoms with Gasteiger partial charge in [0.15, 0.2) is 0 Å². The number of ether oxygens (including phenoxy) is 2. The van der Waals surface area contributed by atoms with E-state index in [2.05, 4.69) is 43.4 Å². The Morgan fingerprint density at radius 3 is 2.40 bits per heavy atom. The Morgan fingerprint density at radius 1 is 1.10 bits per heavy atom. The number of hydrogen-bond acceptors (Lipinski definition) is 3. The van der Waals surface area contributed by atoms with Gasteiger partial charge in [0.2, 0.25) is 0 Å². The minimum atomic E-state index is 0.538. The van der Waals surface area contributed by atoms with Gasteiger partial charge in [-0.1, -0.05) is 36.8 Å². The van der Waals surface area contributed by atoms with Crippen molar-refractivity contribution in [3.63, 3.8) is 0 Å². The Bertz CT molecular complexity index is 351. The van der Waals surface area contributed by atoms with E-state index in [1.165, 1.54) is 11.1 Å². The highest BCUT2D eigenvalue weighted by atomic mass is 16.5. The van der Waals surface area contributed by atoms with Crippen LogP contribution in [0.2, 0.25) is 0 Å². The van der Waals surface area contributed by atoms with Crippen molar-refractivity contribution in [3.05, 3.63) is 35.4 Å². The van der Waals surface area contributed by atoms with E-state index in [1.54, 1.807) is 14.2 Å². The zero-order valence-electron chi connectivity index (χ0n) is 13.3. The van der Waals surface area contributed by atoms with Gasteiger partial charge in [-0.25, -0.2) is 0 Å². The van der Waals surface area contributed by atoms with E-state index in [4.69, 9.17) is 9.47 Å². The summed E-state index contributed by atoms with van der Waals surface area (Å²) in [4.78, 5) is 0. The summed E-state index contributed by atoms with van der Waals surface area (Å²) < 4.78 is 10.4. The van der Waals surface area contributed by atoms with Crippen LogP contribution in [0.15, 0.2) is 24.3 Å². The van der Waals surface area contributed by atoms with Gasteiger partial charge in [0.05, 0.1) is 6.61 Å². The Kier molecular flexibility index (Phi) is 8.51. The standard InChI is InChI=1S/C17H29NO2/c1-14-5-7-16(8-6-14)11-17(15(2)13-20-4)12-18-9-10-19-3/h5-8,15,17-18H,9-13H2,1-4H3. The third-order valence-corrected chi connectivity index (χ3v) is 3.74. The molecule has 0 heterocycles. The average Bonchev–Trinajstić information content (AvgIpc) is 2.44. The van der Waals surface area contributed by atoms with Crippen LogP contribution in [-0.2, 0) is 15.9 Å². The second-order valence-electron chi connectivity index (χ2n) is 5.58. The van der Waals surface area contributed by atoms with E-state index < -0.39 is 0 Å². The number of benzene rings is 1. The molecule has 0 aromatic heterocycles. The van der Waals surface area contributed by atoms with Gasteiger partial charge >= 0.3 is 0 Å². The number of nitrogens with one attached hydrogen (secondary N) is 1. The molecule has 2 atom stereocenters. The summed E-state index contributed by atoms with van der Waals surface area (Å²) in [5.74, 6) is 1.12. The van der Waals surface area contributed by atoms with Gasteiger partial charge in [-0.2, -0.15) is 0 Å². The lowest BCUT2D eigenvalue weighted by molar-refractivity contribution is 0.126. The third kappa shape index (κ3) is 6.51. The molecule has 0 aliphatic carbocycles. The molecule has 0 bridgehead atoms. The van der Waals surface area contributed by atoms with Crippen molar-refractivity contribution in [3.8, 4) is 0 Å². The zero-order valence-corrected chi connectivity index (χ0v) is 13.3. The molecule has 2 unspecified atom stereocenters. The first-order chi connectivity index (χ1) is 9.67. The maximum absolute atomic E-state index is 5.32. The quantitative estimate of drug-likeness (QED) is 0.668. The lowest BCUT2D eigenvalue weighted by Crippen LogP contribution is -2.32. The second-order valence-corrected chi connectivity index (χ2v) is 5.58. The fourth-order valence-electron chi connectivity index (χ4n) is 2.36. The molecule has 0 fully saturated rings. The molecule has 1 N–H and O–H groups in total. The summed E-state index contributed by atoms with van der Waals surface area (Å²) in [5, 5.41) is 3.48. The molecule has 3 heteroatoms. The second kappa shape index (κ2) is 9.92. The molecular formula is C17H29NO2. The minimum absolute atomic E-state index is 0.538. The van der Waals surface area contributed by atoms with E-state index in [0.717, 1.165) is 32.7 Å². The van der Waals surface area contributed by atoms with Gasteiger partial charge in [-0.3, -0.25) is 0 Å². The lowest BCUT2D eigenvalue weighted by atomic mass is 9.88. The van der Waals surface area contributed by atoms with Crippen molar-refractivity contribution in [2.24, 2.45) is 11.8 Å². The van der Waals surface area contributed by atoms with Crippen molar-refractivity contribution in [1.82, 2.24) is 5.32 Å². The van der Waals surface area contributed by atoms with E-state index >= 15 is 0 Å². The van der Waals surface area contributed by atoms with Gasteiger partial charge in [0, 0.05) is 27.4 Å². The maximum atomic E-state index is 5.32. The summed E-state index contributed by atoms with van der Waals surface area (Å²) >= 11 is 0. The first-order valence-corrected chi connectivity index (χ1v) is 7.41. The van der Waals surface area contributed by atoms with Crippen molar-refractivity contribution < 1.29 is 9.47 Å². The van der Waals surface area contributed by atoms with E-state index in [1.807, 2.05) is 0 Å². The SMILES string of the molecule is COCCNCC(Cc1ccc(C)cc1)C(C)COC. The molecule has 1 aromatic rings. The number of hydrogen-bond donors (Lipinski definition) is 1. The highest BCUT2D eigenvalue weighted by Crippen LogP contribution is 2.18. The highest BCUT2D eigenvalue weighted by Gasteiger charge is 2.17. The monoisotopic (exact) mass is 279 g/mol. The van der Waals surface area contributed by atoms with Gasteiger partial charge in [0.25, 0.3) is 0 Å². The molecular weight excluding hydrogens is 250 g/mol. The average molecular weight is 279 g/mol. The van der Waals surface area contributed by atoms with Crippen LogP contribution in [0.3, 0.4) is 0 Å². The molecule has 0 saturated carbocycles. The normalized spacial score (nSPS) is 14.2. The smallest absolute Gasteiger partial charge is 0.0587 e. The fraction of sp³-hybridized carbons (Fsp3) is 0.647. The van der Waals surface area contributed by atoms with Gasteiger partial charge < -0.3 is 14.8 Å². The van der Waals surface area contributed by atoms with Crippen molar-refractivity contribution in [2.75, 3.05) is 40.5 Å². The van der Waals surface area contributed by atoms with Crippen LogP contribution in [-0.4, -0.2) is 40.5 Å². The first kappa shape index (κ1) is 17.2. The summed E-state index contributed by atoms with van der Waals surface area (Å²) in [6.07, 6.45) is 1.09. The van der Waals surface area contributed by atoms with Crippen molar-refractivity contribution in [1.29, 1.82) is 0 Å². The summed E-state index contributed by atoms with van der Waals surface area (Å²) in [6.45, 7) is 7.86. The van der Waals surface area contributed by atoms with Crippen LogP contribution in [0, 0.1) is 18.8 Å². The molecule has 0 aliphatic rings. The molecule has 0 aliphatic heterocycles. The molecule has 20 heavy (non-hydrogen) atoms. The minimum Gasteiger partial charge on any atom is -0.384 e. The van der Waals surface area contributed by atoms with E-state index in [0.29, 0.717) is 11.8 Å². The van der Waals surface area contributed by atoms with Crippen LogP contribution in [0.1, 0.15) is 18.1 Å². The van der Waals surface area contributed by atoms with Crippen LogP contribution < -0.4 is 5.32 Å². The largest absolute Gasteiger partial charge is 0.384 e. The number of methoxy groups -OCH3 is 2. The summed E-state index contributed by atoms with van der Waals surface area (Å²) in [7, 11) is 3.51. The van der Waals surface area contributed by atoms with Gasteiger partial charge in [0.1, 0.15) is 0 Å². The molecule has 1 aromatic carbocycles. The third-order valence-electron chi connectivity index (χ3n) is 3.74. The zero-order chi connectivity index (χ0) is 14.8. The van der Waals surface area contributed by atoms with Crippen LogP contribution in [0.4, 0.5) is 0 Å². The number of aryl methyl sites for hydroxylation is 1. The Balaban J connectivity index is 2.54. The Morgan fingerprint density at radius 2 is 1.80 bits per heavy atom. The van der Waals surface area contributed by atoms with Crippen molar-refractivity contribution in [2.45, 2.75) is 20.3 Å².